The van der Waals surface area contributed by atoms with Gasteiger partial charge in [0.15, 0.2) is 0 Å². The summed E-state index contributed by atoms with van der Waals surface area (Å²) in [6, 6.07) is 18.5. The van der Waals surface area contributed by atoms with Crippen LogP contribution in [0.3, 0.4) is 0 Å². The number of carbonyl (C=O) groups excluding carboxylic acids is 1. The van der Waals surface area contributed by atoms with E-state index >= 15 is 0 Å². The highest BCUT2D eigenvalue weighted by Gasteiger charge is 2.31. The molecule has 0 bridgehead atoms. The zero-order valence-electron chi connectivity index (χ0n) is 12.1. The fourth-order valence-electron chi connectivity index (χ4n) is 2.85. The van der Waals surface area contributed by atoms with Gasteiger partial charge in [0.1, 0.15) is 0 Å². The number of rotatable bonds is 4. The van der Waals surface area contributed by atoms with Gasteiger partial charge >= 0.3 is 0 Å². The van der Waals surface area contributed by atoms with Gasteiger partial charge in [0.2, 0.25) is 5.91 Å². The first-order valence-corrected chi connectivity index (χ1v) is 7.67. The first kappa shape index (κ1) is 14.9. The summed E-state index contributed by atoms with van der Waals surface area (Å²) in [4.78, 5) is 12.5. The number of hydrogen-bond acceptors (Lipinski definition) is 3. The van der Waals surface area contributed by atoms with Crippen molar-refractivity contribution in [2.75, 3.05) is 0 Å². The number of nitrogens with one attached hydrogen (secondary N) is 1. The lowest BCUT2D eigenvalue weighted by molar-refractivity contribution is -0.120. The summed E-state index contributed by atoms with van der Waals surface area (Å²) in [6.07, 6.45) is 1.28. The van der Waals surface area contributed by atoms with Crippen molar-refractivity contribution >= 4 is 23.0 Å². The molecule has 111 valence electrons. The topological polar surface area (TPSA) is 55.1 Å². The van der Waals surface area contributed by atoms with Crippen molar-refractivity contribution in [3.05, 3.63) is 71.3 Å². The SMILES string of the molecule is NC(=O)C1Cc2c[c]ccc2C(C(=S)Cc2ccccc2)N1. The van der Waals surface area contributed by atoms with Gasteiger partial charge in [-0.15, -0.1) is 0 Å². The van der Waals surface area contributed by atoms with E-state index in [4.69, 9.17) is 18.0 Å². The van der Waals surface area contributed by atoms with E-state index in [1.165, 1.54) is 5.56 Å². The van der Waals surface area contributed by atoms with Gasteiger partial charge in [-0.05, 0) is 29.2 Å². The van der Waals surface area contributed by atoms with Crippen molar-refractivity contribution in [2.24, 2.45) is 5.73 Å². The van der Waals surface area contributed by atoms with Gasteiger partial charge in [-0.3, -0.25) is 10.1 Å². The van der Waals surface area contributed by atoms with E-state index in [0.717, 1.165) is 16.0 Å². The normalized spacial score (nSPS) is 20.2. The van der Waals surface area contributed by atoms with Gasteiger partial charge in [0, 0.05) is 11.3 Å². The van der Waals surface area contributed by atoms with E-state index < -0.39 is 0 Å². The Morgan fingerprint density at radius 3 is 2.82 bits per heavy atom. The summed E-state index contributed by atoms with van der Waals surface area (Å²) >= 11 is 5.65. The van der Waals surface area contributed by atoms with Crippen LogP contribution in [0.5, 0.6) is 0 Å². The van der Waals surface area contributed by atoms with E-state index in [9.17, 15) is 4.79 Å². The van der Waals surface area contributed by atoms with Crippen LogP contribution in [0.4, 0.5) is 0 Å². The second-order valence-corrected chi connectivity index (χ2v) is 6.04. The fourth-order valence-corrected chi connectivity index (χ4v) is 3.22. The molecule has 0 fully saturated rings. The molecule has 0 aromatic heterocycles. The highest BCUT2D eigenvalue weighted by molar-refractivity contribution is 7.80. The zero-order valence-corrected chi connectivity index (χ0v) is 12.9. The second kappa shape index (κ2) is 6.38. The van der Waals surface area contributed by atoms with Crippen molar-refractivity contribution in [1.82, 2.24) is 5.32 Å². The average molecular weight is 309 g/mol. The predicted octanol–water partition coefficient (Wildman–Crippen LogP) is 2.14. The summed E-state index contributed by atoms with van der Waals surface area (Å²) in [7, 11) is 0. The third kappa shape index (κ3) is 3.08. The molecule has 3 nitrogen and oxygen atoms in total. The molecule has 4 heteroatoms. The third-order valence-corrected chi connectivity index (χ3v) is 4.36. The van der Waals surface area contributed by atoms with Crippen molar-refractivity contribution in [3.63, 3.8) is 0 Å². The molecule has 2 unspecified atom stereocenters. The van der Waals surface area contributed by atoms with Crippen molar-refractivity contribution in [1.29, 1.82) is 0 Å². The molecule has 3 rings (SSSR count). The van der Waals surface area contributed by atoms with Gasteiger partial charge in [0.25, 0.3) is 0 Å². The molecule has 22 heavy (non-hydrogen) atoms. The molecule has 1 amide bonds. The van der Waals surface area contributed by atoms with Crippen LogP contribution in [0.25, 0.3) is 0 Å². The molecule has 1 aliphatic heterocycles. The van der Waals surface area contributed by atoms with Crippen molar-refractivity contribution in [3.8, 4) is 0 Å². The highest BCUT2D eigenvalue weighted by Crippen LogP contribution is 2.27. The molecule has 2 aromatic rings. The second-order valence-electron chi connectivity index (χ2n) is 5.51. The molecule has 1 heterocycles. The smallest absolute Gasteiger partial charge is 0.234 e. The number of nitrogens with two attached hydrogens (primary N) is 1. The van der Waals surface area contributed by atoms with E-state index in [1.54, 1.807) is 0 Å². The lowest BCUT2D eigenvalue weighted by Gasteiger charge is -2.32. The predicted molar refractivity (Wildman–Crippen MR) is 90.6 cm³/mol. The first-order chi connectivity index (χ1) is 10.6. The monoisotopic (exact) mass is 309 g/mol. The Morgan fingerprint density at radius 2 is 2.09 bits per heavy atom. The highest BCUT2D eigenvalue weighted by atomic mass is 32.1. The third-order valence-electron chi connectivity index (χ3n) is 3.98. The van der Waals surface area contributed by atoms with Gasteiger partial charge in [-0.25, -0.2) is 0 Å². The van der Waals surface area contributed by atoms with Crippen LogP contribution in [0.15, 0.2) is 48.5 Å². The molecular weight excluding hydrogens is 292 g/mol. The Kier molecular flexibility index (Phi) is 4.32. The molecule has 3 N–H and O–H groups in total. The lowest BCUT2D eigenvalue weighted by Crippen LogP contribution is -2.49. The summed E-state index contributed by atoms with van der Waals surface area (Å²) in [6.45, 7) is 0. The summed E-state index contributed by atoms with van der Waals surface area (Å²) in [5, 5.41) is 3.30. The number of thiocarbonyl (C=S) groups is 1. The summed E-state index contributed by atoms with van der Waals surface area (Å²) < 4.78 is 0. The Labute approximate surface area is 135 Å². The molecule has 0 saturated carbocycles. The van der Waals surface area contributed by atoms with E-state index in [1.807, 2.05) is 36.4 Å². The van der Waals surface area contributed by atoms with Crippen LogP contribution in [-0.4, -0.2) is 16.8 Å². The van der Waals surface area contributed by atoms with Gasteiger partial charge in [0.05, 0.1) is 12.1 Å². The standard InChI is InChI=1S/C18H17N2OS/c19-18(21)15-11-13-8-4-5-9-14(13)17(20-15)16(22)10-12-6-2-1-3-7-12/h1-3,5-9,15,17,20H,10-11H2,(H2,19,21). The number of amides is 1. The number of carbonyl (C=O) groups is 1. The molecule has 1 radical (unpaired) electrons. The maximum absolute atomic E-state index is 11.6. The minimum atomic E-state index is -0.387. The molecular formula is C18H17N2OS. The minimum absolute atomic E-state index is 0.133. The molecule has 1 aliphatic rings. The maximum atomic E-state index is 11.6. The molecule has 2 atom stereocenters. The Morgan fingerprint density at radius 1 is 1.32 bits per heavy atom. The van der Waals surface area contributed by atoms with Crippen LogP contribution in [0.2, 0.25) is 0 Å². The maximum Gasteiger partial charge on any atom is 0.234 e. The van der Waals surface area contributed by atoms with Gasteiger partial charge < -0.3 is 5.73 Å². The van der Waals surface area contributed by atoms with Crippen molar-refractivity contribution in [2.45, 2.75) is 24.9 Å². The van der Waals surface area contributed by atoms with Crippen LogP contribution in [0, 0.1) is 6.07 Å². The van der Waals surface area contributed by atoms with Crippen LogP contribution >= 0.6 is 12.2 Å². The zero-order chi connectivity index (χ0) is 15.5. The minimum Gasteiger partial charge on any atom is -0.368 e. The molecule has 0 saturated heterocycles. The van der Waals surface area contributed by atoms with Crippen LogP contribution in [-0.2, 0) is 17.6 Å². The number of benzene rings is 2. The Balaban J connectivity index is 1.88. The Bertz CT molecular complexity index is 699. The summed E-state index contributed by atoms with van der Waals surface area (Å²) in [5.74, 6) is -0.345. The molecule has 0 aliphatic carbocycles. The Hall–Kier alpha value is -2.04. The summed E-state index contributed by atoms with van der Waals surface area (Å²) in [5.41, 5.74) is 8.86. The van der Waals surface area contributed by atoms with E-state index in [2.05, 4.69) is 23.5 Å². The van der Waals surface area contributed by atoms with Crippen LogP contribution < -0.4 is 11.1 Å². The van der Waals surface area contributed by atoms with Crippen LogP contribution in [0.1, 0.15) is 22.7 Å². The first-order valence-electron chi connectivity index (χ1n) is 7.26. The number of hydrogen-bond donors (Lipinski definition) is 2. The lowest BCUT2D eigenvalue weighted by atomic mass is 9.87. The van der Waals surface area contributed by atoms with Crippen molar-refractivity contribution < 1.29 is 4.79 Å². The molecule has 2 aromatic carbocycles. The quantitative estimate of drug-likeness (QED) is 0.851. The number of fused-ring (bicyclic) bond motifs is 1. The van der Waals surface area contributed by atoms with E-state index in [-0.39, 0.29) is 18.0 Å². The fraction of sp³-hybridized carbons (Fsp3) is 0.222. The number of primary amides is 1. The van der Waals surface area contributed by atoms with Gasteiger partial charge in [-0.1, -0.05) is 60.7 Å². The van der Waals surface area contributed by atoms with Gasteiger partial charge in [-0.2, -0.15) is 0 Å². The largest absolute Gasteiger partial charge is 0.368 e. The van der Waals surface area contributed by atoms with E-state index in [0.29, 0.717) is 12.8 Å². The average Bonchev–Trinajstić information content (AvgIpc) is 2.54. The molecule has 0 spiro atoms.